The molecule has 29 heavy (non-hydrogen) atoms. The van der Waals surface area contributed by atoms with Crippen molar-refractivity contribution in [2.75, 3.05) is 0 Å². The molecule has 0 unspecified atom stereocenters. The fraction of sp³-hybridized carbons (Fsp3) is 0.0500. The molecule has 2 aromatic heterocycles. The van der Waals surface area contributed by atoms with Crippen LogP contribution in [0.5, 0.6) is 0 Å². The maximum absolute atomic E-state index is 12.5. The van der Waals surface area contributed by atoms with Crippen molar-refractivity contribution in [3.63, 3.8) is 0 Å². The molecule has 4 rings (SSSR count). The molecule has 0 fully saturated rings. The summed E-state index contributed by atoms with van der Waals surface area (Å²) in [6.07, 6.45) is 0. The van der Waals surface area contributed by atoms with E-state index in [-0.39, 0.29) is 5.56 Å². The van der Waals surface area contributed by atoms with Gasteiger partial charge in [0.25, 0.3) is 5.56 Å². The number of hydrogen-bond acceptors (Lipinski definition) is 6. The Morgan fingerprint density at radius 1 is 1.07 bits per heavy atom. The molecule has 0 saturated carbocycles. The fourth-order valence-corrected chi connectivity index (χ4v) is 4.29. The first-order chi connectivity index (χ1) is 14.2. The Labute approximate surface area is 178 Å². The topological polar surface area (TPSA) is 111 Å². The second kappa shape index (κ2) is 8.43. The second-order valence-electron chi connectivity index (χ2n) is 6.02. The lowest BCUT2D eigenvalue weighted by atomic mass is 9.97. The third-order valence-electron chi connectivity index (χ3n) is 4.23. The van der Waals surface area contributed by atoms with Gasteiger partial charge in [-0.05, 0) is 38.7 Å². The summed E-state index contributed by atoms with van der Waals surface area (Å²) >= 11 is 4.65. The first kappa shape index (κ1) is 19.1. The van der Waals surface area contributed by atoms with E-state index in [1.807, 2.05) is 54.6 Å². The van der Waals surface area contributed by atoms with E-state index in [9.17, 15) is 10.1 Å². The number of aromatic nitrogens is 5. The molecule has 0 aliphatic heterocycles. The number of halogens is 1. The molecule has 0 saturated heterocycles. The lowest BCUT2D eigenvalue weighted by molar-refractivity contribution is 0.881. The predicted octanol–water partition coefficient (Wildman–Crippen LogP) is 4.15. The van der Waals surface area contributed by atoms with E-state index < -0.39 is 0 Å². The van der Waals surface area contributed by atoms with Crippen molar-refractivity contribution in [1.29, 1.82) is 5.26 Å². The molecule has 0 bridgehead atoms. The summed E-state index contributed by atoms with van der Waals surface area (Å²) in [6.45, 7) is 0. The summed E-state index contributed by atoms with van der Waals surface area (Å²) < 4.78 is 0.322. The maximum Gasteiger partial charge on any atom is 0.263 e. The van der Waals surface area contributed by atoms with Gasteiger partial charge in [0.1, 0.15) is 6.07 Å². The summed E-state index contributed by atoms with van der Waals surface area (Å²) in [6, 6.07) is 19.9. The Kier molecular flexibility index (Phi) is 5.55. The van der Waals surface area contributed by atoms with Crippen LogP contribution in [0.25, 0.3) is 22.3 Å². The van der Waals surface area contributed by atoms with Crippen LogP contribution in [0.4, 0.5) is 0 Å². The predicted molar refractivity (Wildman–Crippen MR) is 114 cm³/mol. The Morgan fingerprint density at radius 3 is 2.55 bits per heavy atom. The Morgan fingerprint density at radius 2 is 1.83 bits per heavy atom. The van der Waals surface area contributed by atoms with Crippen molar-refractivity contribution < 1.29 is 0 Å². The smallest absolute Gasteiger partial charge is 0.263 e. The maximum atomic E-state index is 12.5. The minimum atomic E-state index is -0.306. The summed E-state index contributed by atoms with van der Waals surface area (Å²) in [7, 11) is 0. The fourth-order valence-electron chi connectivity index (χ4n) is 2.91. The zero-order valence-electron chi connectivity index (χ0n) is 14.9. The Hall–Kier alpha value is -3.22. The van der Waals surface area contributed by atoms with E-state index in [4.69, 9.17) is 0 Å². The number of nitriles is 1. The van der Waals surface area contributed by atoms with Crippen LogP contribution in [0.15, 0.2) is 68.9 Å². The van der Waals surface area contributed by atoms with Crippen LogP contribution in [-0.2, 0) is 5.75 Å². The number of benzene rings is 2. The zero-order chi connectivity index (χ0) is 20.2. The van der Waals surface area contributed by atoms with Crippen LogP contribution in [0.1, 0.15) is 11.4 Å². The van der Waals surface area contributed by atoms with E-state index >= 15 is 0 Å². The Balaban J connectivity index is 1.81. The van der Waals surface area contributed by atoms with Crippen molar-refractivity contribution in [3.8, 4) is 28.3 Å². The summed E-state index contributed by atoms with van der Waals surface area (Å²) in [4.78, 5) is 15.3. The highest BCUT2D eigenvalue weighted by Crippen LogP contribution is 2.36. The number of pyridine rings is 1. The lowest BCUT2D eigenvalue weighted by Gasteiger charge is -2.12. The molecule has 0 amide bonds. The van der Waals surface area contributed by atoms with Crippen LogP contribution in [0.2, 0.25) is 0 Å². The van der Waals surface area contributed by atoms with Gasteiger partial charge in [-0.25, -0.2) is 0 Å². The van der Waals surface area contributed by atoms with E-state index in [1.54, 1.807) is 0 Å². The van der Waals surface area contributed by atoms with Crippen molar-refractivity contribution in [1.82, 2.24) is 25.6 Å². The Bertz CT molecular complexity index is 1250. The zero-order valence-corrected chi connectivity index (χ0v) is 17.3. The molecule has 0 aliphatic carbocycles. The van der Waals surface area contributed by atoms with Gasteiger partial charge in [0.15, 0.2) is 5.82 Å². The molecule has 9 heteroatoms. The average molecular weight is 465 g/mol. The normalized spacial score (nSPS) is 10.6. The summed E-state index contributed by atoms with van der Waals surface area (Å²) in [5, 5.41) is 24.0. The monoisotopic (exact) mass is 464 g/mol. The van der Waals surface area contributed by atoms with Gasteiger partial charge in [-0.15, -0.1) is 10.2 Å². The van der Waals surface area contributed by atoms with Crippen molar-refractivity contribution >= 4 is 27.7 Å². The molecule has 0 atom stereocenters. The number of H-pyrrole nitrogens is 2. The summed E-state index contributed by atoms with van der Waals surface area (Å²) in [5.74, 6) is 0.849. The van der Waals surface area contributed by atoms with Crippen LogP contribution < -0.4 is 5.56 Å². The van der Waals surface area contributed by atoms with E-state index in [1.165, 1.54) is 11.8 Å². The van der Waals surface area contributed by atoms with Gasteiger partial charge >= 0.3 is 0 Å². The van der Waals surface area contributed by atoms with Crippen LogP contribution in [0.3, 0.4) is 0 Å². The first-order valence-corrected chi connectivity index (χ1v) is 10.3. The van der Waals surface area contributed by atoms with Gasteiger partial charge in [-0.1, -0.05) is 65.5 Å². The molecular formula is C20H13BrN6OS. The standard InChI is InChI=1S/C20H13BrN6OS/c21-18-17(14-8-4-7-13(9-14)12-5-2-1-3-6-12)15(10-22)20(23-19(18)28)29-11-16-24-26-27-25-16/h1-9H,11H2,(H,23,28)(H,24,25,26,27). The van der Waals surface area contributed by atoms with Gasteiger partial charge in [0.2, 0.25) is 0 Å². The molecule has 142 valence electrons. The van der Waals surface area contributed by atoms with Gasteiger partial charge in [0, 0.05) is 5.56 Å². The molecule has 0 radical (unpaired) electrons. The lowest BCUT2D eigenvalue weighted by Crippen LogP contribution is -2.12. The number of nitrogens with one attached hydrogen (secondary N) is 2. The van der Waals surface area contributed by atoms with Gasteiger partial charge in [0.05, 0.1) is 20.8 Å². The molecule has 7 nitrogen and oxygen atoms in total. The molecule has 0 spiro atoms. The second-order valence-corrected chi connectivity index (χ2v) is 7.80. The third kappa shape index (κ3) is 3.99. The third-order valence-corrected chi connectivity index (χ3v) is 5.98. The van der Waals surface area contributed by atoms with Gasteiger partial charge in [-0.3, -0.25) is 4.79 Å². The summed E-state index contributed by atoms with van der Waals surface area (Å²) in [5.41, 5.74) is 3.47. The number of tetrazole rings is 1. The van der Waals surface area contributed by atoms with E-state index in [0.717, 1.165) is 16.7 Å². The number of aromatic amines is 2. The quantitative estimate of drug-likeness (QED) is 0.429. The molecular weight excluding hydrogens is 452 g/mol. The van der Waals surface area contributed by atoms with Crippen LogP contribution in [0, 0.1) is 11.3 Å². The highest BCUT2D eigenvalue weighted by molar-refractivity contribution is 9.10. The SMILES string of the molecule is N#Cc1c(SCc2nn[nH]n2)[nH]c(=O)c(Br)c1-c1cccc(-c2ccccc2)c1. The molecule has 2 heterocycles. The number of hydrogen-bond donors (Lipinski definition) is 2. The van der Waals surface area contributed by atoms with Crippen molar-refractivity contribution in [3.05, 3.63) is 80.8 Å². The molecule has 2 aromatic carbocycles. The number of thioether (sulfide) groups is 1. The highest BCUT2D eigenvalue weighted by Gasteiger charge is 2.19. The van der Waals surface area contributed by atoms with E-state index in [0.29, 0.717) is 32.2 Å². The van der Waals surface area contributed by atoms with E-state index in [2.05, 4.69) is 47.6 Å². The van der Waals surface area contributed by atoms with Crippen LogP contribution >= 0.6 is 27.7 Å². The van der Waals surface area contributed by atoms with Crippen LogP contribution in [-0.4, -0.2) is 25.6 Å². The largest absolute Gasteiger partial charge is 0.315 e. The van der Waals surface area contributed by atoms with Crippen molar-refractivity contribution in [2.45, 2.75) is 10.8 Å². The minimum absolute atomic E-state index is 0.306. The first-order valence-electron chi connectivity index (χ1n) is 8.54. The minimum Gasteiger partial charge on any atom is -0.315 e. The molecule has 0 aliphatic rings. The van der Waals surface area contributed by atoms with Gasteiger partial charge in [-0.2, -0.15) is 10.5 Å². The number of rotatable bonds is 5. The number of nitrogens with zero attached hydrogens (tertiary/aromatic N) is 4. The highest BCUT2D eigenvalue weighted by atomic mass is 79.9. The average Bonchev–Trinajstić information content (AvgIpc) is 3.28. The molecule has 4 aromatic rings. The molecule has 2 N–H and O–H groups in total. The van der Waals surface area contributed by atoms with Crippen molar-refractivity contribution in [2.24, 2.45) is 0 Å². The van der Waals surface area contributed by atoms with Gasteiger partial charge < -0.3 is 4.98 Å².